The molecule has 1 aliphatic heterocycles. The molecule has 22 heavy (non-hydrogen) atoms. The van der Waals surface area contributed by atoms with E-state index in [0.29, 0.717) is 6.54 Å². The van der Waals surface area contributed by atoms with E-state index in [2.05, 4.69) is 0 Å². The topological polar surface area (TPSA) is 46.3 Å². The van der Waals surface area contributed by atoms with Gasteiger partial charge in [0, 0.05) is 24.0 Å². The number of hydrogen-bond acceptors (Lipinski definition) is 3. The van der Waals surface area contributed by atoms with Crippen molar-refractivity contribution in [2.75, 3.05) is 13.1 Å². The summed E-state index contributed by atoms with van der Waals surface area (Å²) in [5, 5.41) is 0. The normalized spacial score (nSPS) is 17.4. The Balaban J connectivity index is 0.00000176. The predicted octanol–water partition coefficient (Wildman–Crippen LogP) is 3.46. The molecule has 2 heterocycles. The summed E-state index contributed by atoms with van der Waals surface area (Å²) < 4.78 is 13.0. The molecule has 0 unspecified atom stereocenters. The van der Waals surface area contributed by atoms with Crippen LogP contribution in [-0.2, 0) is 0 Å². The van der Waals surface area contributed by atoms with Crippen LogP contribution in [0.1, 0.15) is 21.7 Å². The number of carbonyl (C=O) groups excluding carboxylic acids is 1. The van der Waals surface area contributed by atoms with Gasteiger partial charge in [-0.2, -0.15) is 0 Å². The Morgan fingerprint density at radius 3 is 2.64 bits per heavy atom. The summed E-state index contributed by atoms with van der Waals surface area (Å²) >= 11 is 1.46. The molecule has 1 saturated heterocycles. The molecule has 3 rings (SSSR count). The maximum Gasteiger partial charge on any atom is 0.264 e. The van der Waals surface area contributed by atoms with E-state index in [-0.39, 0.29) is 30.2 Å². The highest BCUT2D eigenvalue weighted by Gasteiger charge is 2.26. The first-order valence-electron chi connectivity index (χ1n) is 6.96. The van der Waals surface area contributed by atoms with E-state index in [1.807, 2.05) is 17.9 Å². The maximum absolute atomic E-state index is 13.0. The molecular weight excluding hydrogens is 323 g/mol. The summed E-state index contributed by atoms with van der Waals surface area (Å²) in [6.07, 6.45) is 0.862. The largest absolute Gasteiger partial charge is 0.336 e. The molecule has 0 aliphatic carbocycles. The third kappa shape index (κ3) is 3.32. The number of amides is 1. The molecule has 1 amide bonds. The highest BCUT2D eigenvalue weighted by molar-refractivity contribution is 7.17. The fourth-order valence-electron chi connectivity index (χ4n) is 2.60. The van der Waals surface area contributed by atoms with E-state index in [1.165, 1.54) is 23.5 Å². The molecule has 118 valence electrons. The van der Waals surface area contributed by atoms with Crippen molar-refractivity contribution < 1.29 is 9.18 Å². The Kier molecular flexibility index (Phi) is 5.21. The maximum atomic E-state index is 13.0. The minimum Gasteiger partial charge on any atom is -0.336 e. The van der Waals surface area contributed by atoms with E-state index < -0.39 is 0 Å². The van der Waals surface area contributed by atoms with Crippen molar-refractivity contribution >= 4 is 29.7 Å². The monoisotopic (exact) mass is 340 g/mol. The van der Waals surface area contributed by atoms with Gasteiger partial charge in [-0.3, -0.25) is 4.79 Å². The van der Waals surface area contributed by atoms with Crippen LogP contribution in [0.3, 0.4) is 0 Å². The lowest BCUT2D eigenvalue weighted by molar-refractivity contribution is 0.0795. The predicted molar refractivity (Wildman–Crippen MR) is 90.2 cm³/mol. The molecule has 3 nitrogen and oxygen atoms in total. The van der Waals surface area contributed by atoms with E-state index in [0.717, 1.165) is 33.8 Å². The zero-order valence-corrected chi connectivity index (χ0v) is 13.8. The van der Waals surface area contributed by atoms with Gasteiger partial charge in [0.05, 0.1) is 4.88 Å². The fraction of sp³-hybridized carbons (Fsp3) is 0.312. The lowest BCUT2D eigenvalue weighted by atomic mass is 10.1. The highest BCUT2D eigenvalue weighted by atomic mass is 35.5. The Morgan fingerprint density at radius 2 is 2.05 bits per heavy atom. The van der Waals surface area contributed by atoms with Crippen LogP contribution in [0.15, 0.2) is 30.3 Å². The third-order valence-electron chi connectivity index (χ3n) is 3.75. The zero-order chi connectivity index (χ0) is 15.0. The second kappa shape index (κ2) is 6.77. The summed E-state index contributed by atoms with van der Waals surface area (Å²) in [6, 6.07) is 8.37. The molecule has 1 aromatic heterocycles. The Bertz CT molecular complexity index is 671. The molecule has 0 saturated carbocycles. The minimum atomic E-state index is -0.254. The number of likely N-dealkylation sites (tertiary alicyclic amines) is 1. The highest BCUT2D eigenvalue weighted by Crippen LogP contribution is 2.33. The summed E-state index contributed by atoms with van der Waals surface area (Å²) in [7, 11) is 0. The Labute approximate surface area is 139 Å². The molecule has 6 heteroatoms. The molecule has 2 N–H and O–H groups in total. The van der Waals surface area contributed by atoms with Gasteiger partial charge in [0.25, 0.3) is 5.91 Å². The van der Waals surface area contributed by atoms with Gasteiger partial charge in [-0.15, -0.1) is 23.7 Å². The van der Waals surface area contributed by atoms with Crippen molar-refractivity contribution in [1.82, 2.24) is 4.90 Å². The van der Waals surface area contributed by atoms with Gasteiger partial charge in [-0.25, -0.2) is 4.39 Å². The number of benzene rings is 1. The van der Waals surface area contributed by atoms with E-state index in [1.54, 1.807) is 12.1 Å². The first-order valence-corrected chi connectivity index (χ1v) is 7.77. The summed E-state index contributed by atoms with van der Waals surface area (Å²) in [6.45, 7) is 3.33. The molecule has 1 atom stereocenters. The number of halogens is 2. The number of rotatable bonds is 2. The second-order valence-corrected chi connectivity index (χ2v) is 6.48. The average molecular weight is 341 g/mol. The molecule has 0 bridgehead atoms. The van der Waals surface area contributed by atoms with Crippen molar-refractivity contribution in [1.29, 1.82) is 0 Å². The molecule has 2 aromatic rings. The van der Waals surface area contributed by atoms with E-state index >= 15 is 0 Å². The van der Waals surface area contributed by atoms with Gasteiger partial charge in [-0.1, -0.05) is 12.1 Å². The number of aryl methyl sites for hydroxylation is 1. The summed E-state index contributed by atoms with van der Waals surface area (Å²) in [4.78, 5) is 16.0. The molecule has 0 spiro atoms. The zero-order valence-electron chi connectivity index (χ0n) is 12.2. The SMILES string of the molecule is Cc1cc(C(=O)N2CC[C@H](N)C2)sc1-c1ccc(F)cc1.Cl. The van der Waals surface area contributed by atoms with Crippen molar-refractivity contribution in [2.45, 2.75) is 19.4 Å². The lowest BCUT2D eigenvalue weighted by Crippen LogP contribution is -2.31. The minimum absolute atomic E-state index is 0. The van der Waals surface area contributed by atoms with Gasteiger partial charge in [0.1, 0.15) is 5.82 Å². The first-order chi connectivity index (χ1) is 10.0. The van der Waals surface area contributed by atoms with Gasteiger partial charge in [0.2, 0.25) is 0 Å². The van der Waals surface area contributed by atoms with Gasteiger partial charge >= 0.3 is 0 Å². The Hall–Kier alpha value is -1.43. The summed E-state index contributed by atoms with van der Waals surface area (Å²) in [5.41, 5.74) is 7.84. The second-order valence-electron chi connectivity index (χ2n) is 5.43. The van der Waals surface area contributed by atoms with Crippen LogP contribution in [0, 0.1) is 12.7 Å². The molecular formula is C16H18ClFN2OS. The van der Waals surface area contributed by atoms with Crippen molar-refractivity contribution in [2.24, 2.45) is 5.73 Å². The molecule has 1 aliphatic rings. The van der Waals surface area contributed by atoms with Gasteiger partial charge in [0.15, 0.2) is 0 Å². The number of nitrogens with two attached hydrogens (primary N) is 1. The molecule has 1 fully saturated rings. The van der Waals surface area contributed by atoms with E-state index in [9.17, 15) is 9.18 Å². The van der Waals surface area contributed by atoms with Crippen LogP contribution in [0.25, 0.3) is 10.4 Å². The van der Waals surface area contributed by atoms with Crippen LogP contribution >= 0.6 is 23.7 Å². The third-order valence-corrected chi connectivity index (χ3v) is 5.02. The standard InChI is InChI=1S/C16H17FN2OS.ClH/c1-10-8-14(16(20)19-7-6-13(18)9-19)21-15(10)11-2-4-12(17)5-3-11;/h2-5,8,13H,6-7,9,18H2,1H3;1H/t13-;/m0./s1. The number of thiophene rings is 1. The summed E-state index contributed by atoms with van der Waals surface area (Å²) in [5.74, 6) is -0.209. The number of carbonyl (C=O) groups is 1. The van der Waals surface area contributed by atoms with Crippen LogP contribution in [0.4, 0.5) is 4.39 Å². The number of hydrogen-bond donors (Lipinski definition) is 1. The van der Waals surface area contributed by atoms with Crippen LogP contribution < -0.4 is 5.73 Å². The average Bonchev–Trinajstić information content (AvgIpc) is 3.05. The molecule has 1 aromatic carbocycles. The number of nitrogens with zero attached hydrogens (tertiary/aromatic N) is 1. The van der Waals surface area contributed by atoms with Crippen molar-refractivity contribution in [3.63, 3.8) is 0 Å². The first kappa shape index (κ1) is 16.9. The van der Waals surface area contributed by atoms with Crippen LogP contribution in [0.2, 0.25) is 0 Å². The van der Waals surface area contributed by atoms with Crippen molar-refractivity contribution in [3.05, 3.63) is 46.6 Å². The van der Waals surface area contributed by atoms with Crippen LogP contribution in [0.5, 0.6) is 0 Å². The molecule has 0 radical (unpaired) electrons. The Morgan fingerprint density at radius 1 is 1.36 bits per heavy atom. The quantitative estimate of drug-likeness (QED) is 0.910. The smallest absolute Gasteiger partial charge is 0.264 e. The van der Waals surface area contributed by atoms with Gasteiger partial charge < -0.3 is 10.6 Å². The van der Waals surface area contributed by atoms with Crippen molar-refractivity contribution in [3.8, 4) is 10.4 Å². The van der Waals surface area contributed by atoms with Crippen LogP contribution in [-0.4, -0.2) is 29.9 Å². The lowest BCUT2D eigenvalue weighted by Gasteiger charge is -2.14. The van der Waals surface area contributed by atoms with E-state index in [4.69, 9.17) is 5.73 Å². The fourth-order valence-corrected chi connectivity index (χ4v) is 3.75. The van der Waals surface area contributed by atoms with Gasteiger partial charge in [-0.05, 0) is 42.7 Å².